The van der Waals surface area contributed by atoms with Gasteiger partial charge in [0.2, 0.25) is 0 Å². The van der Waals surface area contributed by atoms with Gasteiger partial charge in [0.25, 0.3) is 0 Å². The van der Waals surface area contributed by atoms with Crippen LogP contribution in [0, 0.1) is 0 Å². The summed E-state index contributed by atoms with van der Waals surface area (Å²) in [5.74, 6) is -4.48. The van der Waals surface area contributed by atoms with Crippen LogP contribution in [0.2, 0.25) is 0 Å². The number of rotatable bonds is 4. The lowest BCUT2D eigenvalue weighted by molar-refractivity contribution is -0.150. The van der Waals surface area contributed by atoms with E-state index in [2.05, 4.69) is 10.3 Å². The van der Waals surface area contributed by atoms with Crippen molar-refractivity contribution < 1.29 is 46.1 Å². The first-order chi connectivity index (χ1) is 10.8. The molecule has 1 aromatic heterocycles. The molecule has 6 nitrogen and oxygen atoms in total. The minimum Gasteiger partial charge on any atom is -0.478 e. The van der Waals surface area contributed by atoms with Crippen LogP contribution in [0.25, 0.3) is 0 Å². The summed E-state index contributed by atoms with van der Waals surface area (Å²) < 4.78 is 77.8. The van der Waals surface area contributed by atoms with Crippen LogP contribution in [-0.4, -0.2) is 33.2 Å². The van der Waals surface area contributed by atoms with Gasteiger partial charge < -0.3 is 15.5 Å². The van der Waals surface area contributed by atoms with Crippen LogP contribution in [0.15, 0.2) is 0 Å². The molecule has 0 radical (unpaired) electrons. The molecule has 1 fully saturated rings. The monoisotopic (exact) mass is 358 g/mol. The van der Waals surface area contributed by atoms with Crippen molar-refractivity contribution in [3.63, 3.8) is 0 Å². The number of aromatic nitrogens is 1. The van der Waals surface area contributed by atoms with Gasteiger partial charge in [0, 0.05) is 6.04 Å². The Morgan fingerprint density at radius 1 is 0.917 bits per heavy atom. The van der Waals surface area contributed by atoms with E-state index >= 15 is 0 Å². The first-order valence-corrected chi connectivity index (χ1v) is 6.29. The number of carboxylic acids is 2. The molecule has 2 rings (SSSR count). The maximum atomic E-state index is 13.0. The Kier molecular flexibility index (Phi) is 4.10. The van der Waals surface area contributed by atoms with Crippen molar-refractivity contribution in [1.29, 1.82) is 0 Å². The summed E-state index contributed by atoms with van der Waals surface area (Å²) in [6.07, 6.45) is -10.3. The number of pyridine rings is 1. The molecule has 0 bridgehead atoms. The summed E-state index contributed by atoms with van der Waals surface area (Å²) in [7, 11) is 0. The average Bonchev–Trinajstić information content (AvgIpc) is 3.18. The molecular weight excluding hydrogens is 350 g/mol. The van der Waals surface area contributed by atoms with Gasteiger partial charge in [-0.2, -0.15) is 26.3 Å². The van der Waals surface area contributed by atoms with Gasteiger partial charge in [-0.15, -0.1) is 0 Å². The molecule has 24 heavy (non-hydrogen) atoms. The molecule has 0 amide bonds. The molecule has 0 spiro atoms. The Morgan fingerprint density at radius 3 is 1.54 bits per heavy atom. The Hall–Kier alpha value is -2.53. The van der Waals surface area contributed by atoms with Crippen molar-refractivity contribution in [2.75, 3.05) is 5.32 Å². The predicted octanol–water partition coefficient (Wildman–Crippen LogP) is 3.09. The summed E-state index contributed by atoms with van der Waals surface area (Å²) in [5, 5.41) is 20.1. The summed E-state index contributed by atoms with van der Waals surface area (Å²) in [5.41, 5.74) is -9.17. The van der Waals surface area contributed by atoms with Gasteiger partial charge in [0.05, 0.1) is 5.69 Å². The third-order valence-corrected chi connectivity index (χ3v) is 3.09. The topological polar surface area (TPSA) is 99.5 Å². The minimum absolute atomic E-state index is 0.350. The van der Waals surface area contributed by atoms with Gasteiger partial charge in [0.15, 0.2) is 11.4 Å². The van der Waals surface area contributed by atoms with Crippen LogP contribution in [0.1, 0.15) is 44.9 Å². The van der Waals surface area contributed by atoms with Crippen LogP contribution in [0.5, 0.6) is 0 Å². The van der Waals surface area contributed by atoms with Gasteiger partial charge >= 0.3 is 24.3 Å². The first-order valence-electron chi connectivity index (χ1n) is 6.29. The number of alkyl halides is 6. The largest absolute Gasteiger partial charge is 0.478 e. The lowest BCUT2D eigenvalue weighted by atomic mass is 10.0. The van der Waals surface area contributed by atoms with Crippen molar-refractivity contribution in [3.8, 4) is 0 Å². The predicted molar refractivity (Wildman–Crippen MR) is 64.8 cm³/mol. The fraction of sp³-hybridized carbons (Fsp3) is 0.417. The molecule has 0 aromatic carbocycles. The number of carbonyl (C=O) groups is 2. The second-order valence-electron chi connectivity index (χ2n) is 4.96. The highest BCUT2D eigenvalue weighted by Gasteiger charge is 2.47. The second kappa shape index (κ2) is 5.53. The normalized spacial score (nSPS) is 15.2. The lowest BCUT2D eigenvalue weighted by Gasteiger charge is -2.20. The Bertz CT molecular complexity index is 659. The van der Waals surface area contributed by atoms with E-state index in [0.717, 1.165) is 0 Å². The highest BCUT2D eigenvalue weighted by molar-refractivity contribution is 6.05. The third-order valence-electron chi connectivity index (χ3n) is 3.09. The van der Waals surface area contributed by atoms with Gasteiger partial charge in [-0.25, -0.2) is 14.6 Å². The number of carboxylic acid groups (broad SMARTS) is 2. The highest BCUT2D eigenvalue weighted by Crippen LogP contribution is 2.42. The maximum Gasteiger partial charge on any atom is 0.434 e. The standard InChI is InChI=1S/C12H8F6N2O4/c13-11(14,15)7-4(9(21)22)6(19-3-1-2-3)5(10(23)24)8(20-7)12(16,17)18/h3H,1-2H2,(H,19,20)(H,21,22)(H,23,24). The Morgan fingerprint density at radius 2 is 1.29 bits per heavy atom. The van der Waals surface area contributed by atoms with E-state index in [4.69, 9.17) is 10.2 Å². The molecule has 1 aliphatic rings. The van der Waals surface area contributed by atoms with Gasteiger partial charge in [0.1, 0.15) is 11.1 Å². The molecule has 1 aliphatic carbocycles. The van der Waals surface area contributed by atoms with Gasteiger partial charge in [-0.1, -0.05) is 0 Å². The maximum absolute atomic E-state index is 13.0. The minimum atomic E-state index is -5.52. The van der Waals surface area contributed by atoms with Crippen molar-refractivity contribution in [2.45, 2.75) is 31.2 Å². The van der Waals surface area contributed by atoms with Crippen molar-refractivity contribution >= 4 is 17.6 Å². The molecule has 0 atom stereocenters. The molecular formula is C12H8F6N2O4. The fourth-order valence-corrected chi connectivity index (χ4v) is 1.99. The van der Waals surface area contributed by atoms with Crippen molar-refractivity contribution in [1.82, 2.24) is 4.98 Å². The molecule has 0 unspecified atom stereocenters. The lowest BCUT2D eigenvalue weighted by Crippen LogP contribution is -2.26. The van der Waals surface area contributed by atoms with Crippen LogP contribution in [0.4, 0.5) is 32.0 Å². The van der Waals surface area contributed by atoms with E-state index < -0.39 is 58.5 Å². The number of hydrogen-bond donors (Lipinski definition) is 3. The first kappa shape index (κ1) is 17.8. The highest BCUT2D eigenvalue weighted by atomic mass is 19.4. The molecule has 1 aromatic rings. The molecule has 1 heterocycles. The van der Waals surface area contributed by atoms with Gasteiger partial charge in [-0.05, 0) is 12.8 Å². The van der Waals surface area contributed by atoms with E-state index in [1.165, 1.54) is 0 Å². The molecule has 0 aliphatic heterocycles. The van der Waals surface area contributed by atoms with Crippen LogP contribution < -0.4 is 5.32 Å². The number of anilines is 1. The second-order valence-corrected chi connectivity index (χ2v) is 4.96. The Labute approximate surface area is 129 Å². The number of nitrogens with zero attached hydrogens (tertiary/aromatic N) is 1. The van der Waals surface area contributed by atoms with Crippen LogP contribution >= 0.6 is 0 Å². The van der Waals surface area contributed by atoms with Crippen LogP contribution in [-0.2, 0) is 12.4 Å². The van der Waals surface area contributed by atoms with E-state index in [1.807, 2.05) is 0 Å². The summed E-state index contributed by atoms with van der Waals surface area (Å²) in [6, 6.07) is -0.606. The number of hydrogen-bond acceptors (Lipinski definition) is 4. The van der Waals surface area contributed by atoms with E-state index in [9.17, 15) is 35.9 Å². The number of aromatic carboxylic acids is 2. The zero-order chi connectivity index (χ0) is 18.4. The van der Waals surface area contributed by atoms with Crippen LogP contribution in [0.3, 0.4) is 0 Å². The van der Waals surface area contributed by atoms with E-state index in [0.29, 0.717) is 12.8 Å². The smallest absolute Gasteiger partial charge is 0.434 e. The SMILES string of the molecule is O=C(O)c1c(C(F)(F)F)nc(C(F)(F)F)c(C(=O)O)c1NC1CC1. The molecule has 132 valence electrons. The fourth-order valence-electron chi connectivity index (χ4n) is 1.99. The number of halogens is 6. The zero-order valence-electron chi connectivity index (χ0n) is 11.4. The zero-order valence-corrected chi connectivity index (χ0v) is 11.4. The average molecular weight is 358 g/mol. The number of nitrogens with one attached hydrogen (secondary N) is 1. The summed E-state index contributed by atoms with van der Waals surface area (Å²) >= 11 is 0. The molecule has 1 saturated carbocycles. The van der Waals surface area contributed by atoms with Gasteiger partial charge in [-0.3, -0.25) is 0 Å². The Balaban J connectivity index is 2.93. The molecule has 0 saturated heterocycles. The quantitative estimate of drug-likeness (QED) is 0.716. The van der Waals surface area contributed by atoms with E-state index in [1.54, 1.807) is 0 Å². The van der Waals surface area contributed by atoms with Crippen molar-refractivity contribution in [2.24, 2.45) is 0 Å². The third kappa shape index (κ3) is 3.36. The molecule has 12 heteroatoms. The van der Waals surface area contributed by atoms with E-state index in [-0.39, 0.29) is 0 Å². The molecule has 3 N–H and O–H groups in total. The summed E-state index contributed by atoms with van der Waals surface area (Å²) in [6.45, 7) is 0. The van der Waals surface area contributed by atoms with Crippen molar-refractivity contribution in [3.05, 3.63) is 22.5 Å². The summed E-state index contributed by atoms with van der Waals surface area (Å²) in [4.78, 5) is 24.6.